The van der Waals surface area contributed by atoms with Crippen LogP contribution in [0, 0.1) is 0 Å². The van der Waals surface area contributed by atoms with Gasteiger partial charge in [0.25, 0.3) is 0 Å². The predicted molar refractivity (Wildman–Crippen MR) is 50.5 cm³/mol. The van der Waals surface area contributed by atoms with Crippen LogP contribution >= 0.6 is 0 Å². The zero-order valence-corrected chi connectivity index (χ0v) is 7.17. The first kappa shape index (κ1) is 8.06. The molecule has 0 bridgehead atoms. The minimum absolute atomic E-state index is 1.12. The van der Waals surface area contributed by atoms with Gasteiger partial charge in [-0.3, -0.25) is 0 Å². The van der Waals surface area contributed by atoms with Gasteiger partial charge in [-0.15, -0.1) is 0 Å². The Labute approximate surface area is 68.6 Å². The second-order valence-corrected chi connectivity index (χ2v) is 2.60. The van der Waals surface area contributed by atoms with E-state index in [0.717, 1.165) is 6.42 Å². The monoisotopic (exact) mass is 146 g/mol. The first-order chi connectivity index (χ1) is 5.36. The van der Waals surface area contributed by atoms with Crippen LogP contribution in [0.1, 0.15) is 25.0 Å². The molecule has 0 fully saturated rings. The van der Waals surface area contributed by atoms with Crippen molar-refractivity contribution in [1.82, 2.24) is 0 Å². The van der Waals surface area contributed by atoms with Crippen LogP contribution in [0.2, 0.25) is 0 Å². The highest BCUT2D eigenvalue weighted by molar-refractivity contribution is 5.49. The quantitative estimate of drug-likeness (QED) is 0.600. The molecule has 0 aliphatic heterocycles. The normalized spacial score (nSPS) is 10.7. The van der Waals surface area contributed by atoms with Crippen molar-refractivity contribution in [2.24, 2.45) is 0 Å². The maximum absolute atomic E-state index is 2.22. The Bertz CT molecular complexity index is 246. The van der Waals surface area contributed by atoms with Crippen molar-refractivity contribution >= 4 is 6.08 Å². The Morgan fingerprint density at radius 3 is 2.82 bits per heavy atom. The van der Waals surface area contributed by atoms with E-state index in [-0.39, 0.29) is 0 Å². The Kier molecular flexibility index (Phi) is 2.91. The first-order valence-electron chi connectivity index (χ1n) is 4.08. The van der Waals surface area contributed by atoms with Crippen molar-refractivity contribution in [3.8, 4) is 0 Å². The van der Waals surface area contributed by atoms with Crippen LogP contribution in [-0.2, 0) is 6.42 Å². The van der Waals surface area contributed by atoms with Crippen LogP contribution in [0.3, 0.4) is 0 Å². The highest BCUT2D eigenvalue weighted by atomic mass is 13.9. The topological polar surface area (TPSA) is 0 Å². The summed E-state index contributed by atoms with van der Waals surface area (Å²) in [5.41, 5.74) is 2.70. The standard InChI is InChI=1S/C11H14/c1-3-6-11-8-5-7-10(4-2)9-11/h3,5-9H,4H2,1-2H3. The summed E-state index contributed by atoms with van der Waals surface area (Å²) < 4.78 is 0. The Morgan fingerprint density at radius 1 is 1.36 bits per heavy atom. The molecule has 0 aliphatic rings. The number of hydrogen-bond donors (Lipinski definition) is 0. The molecular weight excluding hydrogens is 132 g/mol. The van der Waals surface area contributed by atoms with Gasteiger partial charge < -0.3 is 0 Å². The predicted octanol–water partition coefficient (Wildman–Crippen LogP) is 3.28. The molecule has 1 aromatic rings. The molecule has 0 radical (unpaired) electrons. The fourth-order valence-electron chi connectivity index (χ4n) is 1.11. The molecule has 0 spiro atoms. The minimum Gasteiger partial charge on any atom is -0.0871 e. The van der Waals surface area contributed by atoms with Crippen LogP contribution in [0.4, 0.5) is 0 Å². The maximum atomic E-state index is 2.22. The van der Waals surface area contributed by atoms with Gasteiger partial charge in [0.05, 0.1) is 0 Å². The highest BCUT2D eigenvalue weighted by Crippen LogP contribution is 2.06. The van der Waals surface area contributed by atoms with E-state index in [0.29, 0.717) is 0 Å². The molecule has 0 unspecified atom stereocenters. The molecule has 0 saturated carbocycles. The number of hydrogen-bond acceptors (Lipinski definition) is 0. The maximum Gasteiger partial charge on any atom is -0.0257 e. The SMILES string of the molecule is CC=Cc1cccc(CC)c1. The summed E-state index contributed by atoms with van der Waals surface area (Å²) in [5.74, 6) is 0. The van der Waals surface area contributed by atoms with Gasteiger partial charge in [-0.05, 0) is 24.5 Å². The minimum atomic E-state index is 1.12. The van der Waals surface area contributed by atoms with E-state index in [4.69, 9.17) is 0 Å². The zero-order valence-electron chi connectivity index (χ0n) is 7.17. The molecule has 0 amide bonds. The van der Waals surface area contributed by atoms with E-state index < -0.39 is 0 Å². The van der Waals surface area contributed by atoms with Crippen LogP contribution in [-0.4, -0.2) is 0 Å². The van der Waals surface area contributed by atoms with Gasteiger partial charge in [-0.1, -0.05) is 43.3 Å². The molecule has 0 aliphatic carbocycles. The Balaban J connectivity index is 2.91. The lowest BCUT2D eigenvalue weighted by Gasteiger charge is -1.96. The van der Waals surface area contributed by atoms with Gasteiger partial charge in [-0.2, -0.15) is 0 Å². The van der Waals surface area contributed by atoms with Gasteiger partial charge in [0.1, 0.15) is 0 Å². The highest BCUT2D eigenvalue weighted by Gasteiger charge is 1.88. The van der Waals surface area contributed by atoms with E-state index in [1.54, 1.807) is 0 Å². The van der Waals surface area contributed by atoms with Crippen molar-refractivity contribution < 1.29 is 0 Å². The van der Waals surface area contributed by atoms with E-state index >= 15 is 0 Å². The zero-order chi connectivity index (χ0) is 8.10. The summed E-state index contributed by atoms with van der Waals surface area (Å²) in [6, 6.07) is 8.61. The summed E-state index contributed by atoms with van der Waals surface area (Å²) >= 11 is 0. The lowest BCUT2D eigenvalue weighted by molar-refractivity contribution is 1.14. The average Bonchev–Trinajstić information content (AvgIpc) is 2.06. The van der Waals surface area contributed by atoms with Gasteiger partial charge in [-0.25, -0.2) is 0 Å². The van der Waals surface area contributed by atoms with Gasteiger partial charge >= 0.3 is 0 Å². The molecule has 1 rings (SSSR count). The molecule has 0 N–H and O–H groups in total. The molecule has 11 heavy (non-hydrogen) atoms. The molecule has 58 valence electrons. The van der Waals surface area contributed by atoms with Crippen molar-refractivity contribution in [2.75, 3.05) is 0 Å². The summed E-state index contributed by atoms with van der Waals surface area (Å²) in [5, 5.41) is 0. The fourth-order valence-corrected chi connectivity index (χ4v) is 1.11. The molecule has 0 saturated heterocycles. The van der Waals surface area contributed by atoms with E-state index in [1.165, 1.54) is 11.1 Å². The molecule has 0 nitrogen and oxygen atoms in total. The van der Waals surface area contributed by atoms with E-state index in [2.05, 4.69) is 43.3 Å². The second kappa shape index (κ2) is 3.97. The number of allylic oxidation sites excluding steroid dienone is 1. The van der Waals surface area contributed by atoms with Crippen molar-refractivity contribution in [1.29, 1.82) is 0 Å². The second-order valence-electron chi connectivity index (χ2n) is 2.60. The van der Waals surface area contributed by atoms with Gasteiger partial charge in [0, 0.05) is 0 Å². The smallest absolute Gasteiger partial charge is 0.0257 e. The molecule has 0 aromatic heterocycles. The molecule has 1 aromatic carbocycles. The number of benzene rings is 1. The van der Waals surface area contributed by atoms with Crippen LogP contribution < -0.4 is 0 Å². The average molecular weight is 146 g/mol. The van der Waals surface area contributed by atoms with Crippen LogP contribution in [0.15, 0.2) is 30.3 Å². The van der Waals surface area contributed by atoms with E-state index in [9.17, 15) is 0 Å². The van der Waals surface area contributed by atoms with Gasteiger partial charge in [0.15, 0.2) is 0 Å². The van der Waals surface area contributed by atoms with Crippen molar-refractivity contribution in [2.45, 2.75) is 20.3 Å². The molecular formula is C11H14. The summed E-state index contributed by atoms with van der Waals surface area (Å²) in [7, 11) is 0. The Hall–Kier alpha value is -1.04. The summed E-state index contributed by atoms with van der Waals surface area (Å²) in [6.45, 7) is 4.22. The van der Waals surface area contributed by atoms with Gasteiger partial charge in [0.2, 0.25) is 0 Å². The summed E-state index contributed by atoms with van der Waals surface area (Å²) in [6.07, 6.45) is 5.30. The largest absolute Gasteiger partial charge is 0.0871 e. The molecule has 0 atom stereocenters. The van der Waals surface area contributed by atoms with Crippen LogP contribution in [0.25, 0.3) is 6.08 Å². The third-order valence-electron chi connectivity index (χ3n) is 1.72. The third-order valence-corrected chi connectivity index (χ3v) is 1.72. The lowest BCUT2D eigenvalue weighted by Crippen LogP contribution is -1.79. The van der Waals surface area contributed by atoms with Crippen LogP contribution in [0.5, 0.6) is 0 Å². The number of aryl methyl sites for hydroxylation is 1. The number of rotatable bonds is 2. The summed E-state index contributed by atoms with van der Waals surface area (Å²) in [4.78, 5) is 0. The van der Waals surface area contributed by atoms with Crippen molar-refractivity contribution in [3.05, 3.63) is 41.5 Å². The first-order valence-corrected chi connectivity index (χ1v) is 4.08. The van der Waals surface area contributed by atoms with E-state index in [1.807, 2.05) is 6.92 Å². The Morgan fingerprint density at radius 2 is 2.18 bits per heavy atom. The third kappa shape index (κ3) is 2.23. The molecule has 0 heterocycles. The molecule has 0 heteroatoms. The lowest BCUT2D eigenvalue weighted by atomic mass is 10.1. The van der Waals surface area contributed by atoms with Crippen molar-refractivity contribution in [3.63, 3.8) is 0 Å². The fraction of sp³-hybridized carbons (Fsp3) is 0.273.